The fraction of sp³-hybridized carbons (Fsp3) is 0.393. The van der Waals surface area contributed by atoms with Gasteiger partial charge in [0.25, 0.3) is 5.91 Å². The zero-order valence-electron chi connectivity index (χ0n) is 22.1. The van der Waals surface area contributed by atoms with Crippen LogP contribution < -0.4 is 30.9 Å². The average Bonchev–Trinajstić information content (AvgIpc) is 3.55. The number of urea groups is 1. The van der Waals surface area contributed by atoms with E-state index in [9.17, 15) is 14.4 Å². The van der Waals surface area contributed by atoms with Crippen molar-refractivity contribution in [3.63, 3.8) is 0 Å². The quantitative estimate of drug-likeness (QED) is 0.379. The third-order valence-electron chi connectivity index (χ3n) is 7.83. The van der Waals surface area contributed by atoms with E-state index < -0.39 is 0 Å². The summed E-state index contributed by atoms with van der Waals surface area (Å²) in [5.74, 6) is 0.283. The number of carbonyl (C=O) groups excluding carboxylic acids is 3. The van der Waals surface area contributed by atoms with Gasteiger partial charge in [0.15, 0.2) is 0 Å². The van der Waals surface area contributed by atoms with Crippen molar-refractivity contribution >= 4 is 35.3 Å². The highest BCUT2D eigenvalue weighted by atomic mass is 32.2. The Balaban J connectivity index is 1.22. The molecule has 3 fully saturated rings. The second-order valence-corrected chi connectivity index (χ2v) is 11.4. The van der Waals surface area contributed by atoms with Crippen molar-refractivity contribution in [2.24, 2.45) is 5.92 Å². The highest BCUT2D eigenvalue weighted by molar-refractivity contribution is 8.04. The predicted molar refractivity (Wildman–Crippen MR) is 151 cm³/mol. The monoisotopic (exact) mass is 561 g/mol. The first-order chi connectivity index (χ1) is 19.4. The second kappa shape index (κ2) is 10.9. The van der Waals surface area contributed by atoms with Crippen LogP contribution in [-0.4, -0.2) is 57.9 Å². The molecule has 2 aromatic heterocycles. The summed E-state index contributed by atoms with van der Waals surface area (Å²) in [6, 6.07) is 8.24. The molecule has 3 aliphatic heterocycles. The number of rotatable bonds is 7. The molecule has 3 unspecified atom stereocenters. The third-order valence-corrected chi connectivity index (χ3v) is 9.19. The molecule has 2 aromatic rings. The largest absolute Gasteiger partial charge is 0.421 e. The standard InChI is InChI=1S/C28H31N7O4S/c1-3-20(36)32-16-7-6-8-17(16)33-26(37)25-24-23-19(12-14-30-27(23)40-25)35(28(38)34-24)18-10-11-22(31-15(18)2)39-21-9-4-5-13-29-21/h3-5,9-11,13,16-17,19,23,27,30H,1,6-8,12,14H2,2H3,(H,32,36)(H,33,37)(H,34,38)/t16-,17+,19?,23?,27?/m0/s1. The number of hydrogen-bond acceptors (Lipinski definition) is 8. The highest BCUT2D eigenvalue weighted by Crippen LogP contribution is 2.48. The van der Waals surface area contributed by atoms with Crippen molar-refractivity contribution in [1.82, 2.24) is 31.2 Å². The fourth-order valence-electron chi connectivity index (χ4n) is 6.04. The molecule has 5 atom stereocenters. The number of pyridine rings is 2. The van der Waals surface area contributed by atoms with Gasteiger partial charge in [-0.05, 0) is 57.4 Å². The van der Waals surface area contributed by atoms with Gasteiger partial charge in [0, 0.05) is 42.0 Å². The number of ether oxygens (including phenoxy) is 1. The third kappa shape index (κ3) is 4.92. The normalized spacial score (nSPS) is 27.1. The maximum Gasteiger partial charge on any atom is 0.326 e. The molecule has 0 bridgehead atoms. The lowest BCUT2D eigenvalue weighted by atomic mass is 9.86. The number of hydrogen-bond donors (Lipinski definition) is 4. The molecular weight excluding hydrogens is 530 g/mol. The van der Waals surface area contributed by atoms with Crippen LogP contribution in [0.15, 0.2) is 59.8 Å². The molecule has 12 heteroatoms. The minimum absolute atomic E-state index is 0.0440. The van der Waals surface area contributed by atoms with Crippen LogP contribution in [-0.2, 0) is 9.59 Å². The van der Waals surface area contributed by atoms with Crippen LogP contribution in [0.2, 0.25) is 0 Å². The van der Waals surface area contributed by atoms with Gasteiger partial charge in [-0.2, -0.15) is 0 Å². The molecule has 4 N–H and O–H groups in total. The van der Waals surface area contributed by atoms with E-state index in [4.69, 9.17) is 4.74 Å². The first kappa shape index (κ1) is 26.3. The number of aromatic nitrogens is 2. The van der Waals surface area contributed by atoms with E-state index in [1.54, 1.807) is 23.2 Å². The topological polar surface area (TPSA) is 138 Å². The van der Waals surface area contributed by atoms with Gasteiger partial charge in [-0.1, -0.05) is 24.4 Å². The Morgan fingerprint density at radius 3 is 2.73 bits per heavy atom. The van der Waals surface area contributed by atoms with Crippen LogP contribution in [0.5, 0.6) is 11.8 Å². The summed E-state index contributed by atoms with van der Waals surface area (Å²) in [7, 11) is 0. The molecule has 1 saturated carbocycles. The van der Waals surface area contributed by atoms with Crippen molar-refractivity contribution in [2.45, 2.75) is 56.1 Å². The van der Waals surface area contributed by atoms with Crippen LogP contribution in [0.3, 0.4) is 0 Å². The number of carbonyl (C=O) groups is 3. The molecule has 2 saturated heterocycles. The number of anilines is 1. The lowest BCUT2D eigenvalue weighted by Crippen LogP contribution is -2.62. The fourth-order valence-corrected chi connectivity index (χ4v) is 7.44. The number of amides is 4. The van der Waals surface area contributed by atoms with Crippen molar-refractivity contribution in [1.29, 1.82) is 0 Å². The van der Waals surface area contributed by atoms with Gasteiger partial charge < -0.3 is 26.0 Å². The maximum atomic E-state index is 13.6. The van der Waals surface area contributed by atoms with Gasteiger partial charge in [0.05, 0.1) is 27.7 Å². The first-order valence-electron chi connectivity index (χ1n) is 13.5. The smallest absolute Gasteiger partial charge is 0.326 e. The van der Waals surface area contributed by atoms with E-state index in [-0.39, 0.29) is 47.3 Å². The Morgan fingerprint density at radius 2 is 1.98 bits per heavy atom. The molecule has 0 spiro atoms. The maximum absolute atomic E-state index is 13.6. The number of nitrogens with zero attached hydrogens (tertiary/aromatic N) is 3. The molecule has 6 rings (SSSR count). The molecule has 208 valence electrons. The summed E-state index contributed by atoms with van der Waals surface area (Å²) in [4.78, 5) is 50.0. The molecule has 11 nitrogen and oxygen atoms in total. The molecule has 0 aromatic carbocycles. The van der Waals surface area contributed by atoms with Gasteiger partial charge >= 0.3 is 6.03 Å². The summed E-state index contributed by atoms with van der Waals surface area (Å²) in [6.07, 6.45) is 6.11. The van der Waals surface area contributed by atoms with Crippen molar-refractivity contribution < 1.29 is 19.1 Å². The molecule has 4 aliphatic rings. The number of thioether (sulfide) groups is 1. The van der Waals surface area contributed by atoms with Gasteiger partial charge in [0.2, 0.25) is 17.7 Å². The Morgan fingerprint density at radius 1 is 1.15 bits per heavy atom. The van der Waals surface area contributed by atoms with Gasteiger partial charge in [-0.25, -0.2) is 14.8 Å². The molecule has 1 aliphatic carbocycles. The van der Waals surface area contributed by atoms with Crippen LogP contribution >= 0.6 is 11.8 Å². The number of aryl methyl sites for hydroxylation is 1. The average molecular weight is 562 g/mol. The lowest BCUT2D eigenvalue weighted by Gasteiger charge is -2.46. The summed E-state index contributed by atoms with van der Waals surface area (Å²) >= 11 is 1.46. The zero-order chi connectivity index (χ0) is 27.8. The Labute approximate surface area is 236 Å². The Bertz CT molecular complexity index is 1380. The van der Waals surface area contributed by atoms with Crippen molar-refractivity contribution in [3.8, 4) is 11.8 Å². The van der Waals surface area contributed by atoms with E-state index in [2.05, 4.69) is 37.8 Å². The molecule has 4 amide bonds. The lowest BCUT2D eigenvalue weighted by molar-refractivity contribution is -0.119. The minimum Gasteiger partial charge on any atom is -0.421 e. The summed E-state index contributed by atoms with van der Waals surface area (Å²) in [6.45, 7) is 6.08. The summed E-state index contributed by atoms with van der Waals surface area (Å²) < 4.78 is 5.77. The van der Waals surface area contributed by atoms with Crippen molar-refractivity contribution in [2.75, 3.05) is 11.4 Å². The molecule has 5 heterocycles. The van der Waals surface area contributed by atoms with E-state index in [1.807, 2.05) is 25.1 Å². The first-order valence-corrected chi connectivity index (χ1v) is 14.4. The molecule has 40 heavy (non-hydrogen) atoms. The van der Waals surface area contributed by atoms with Crippen molar-refractivity contribution in [3.05, 3.63) is 65.5 Å². The van der Waals surface area contributed by atoms with Gasteiger partial charge in [-0.15, -0.1) is 0 Å². The second-order valence-electron chi connectivity index (χ2n) is 10.3. The van der Waals surface area contributed by atoms with Gasteiger partial charge in [-0.3, -0.25) is 14.5 Å². The van der Waals surface area contributed by atoms with Crippen LogP contribution in [0, 0.1) is 12.8 Å². The highest BCUT2D eigenvalue weighted by Gasteiger charge is 2.52. The number of nitrogens with one attached hydrogen (secondary N) is 4. The SMILES string of the molecule is C=CC(=O)N[C@H]1CCC[C@H]1NC(=O)C1=C2NC(=O)N(c3ccc(Oc4ccccn4)nc3C)C3CCNC(S1)C23. The van der Waals surface area contributed by atoms with Crippen LogP contribution in [0.25, 0.3) is 0 Å². The van der Waals surface area contributed by atoms with E-state index in [0.717, 1.165) is 32.2 Å². The Hall–Kier alpha value is -3.90. The van der Waals surface area contributed by atoms with Crippen LogP contribution in [0.1, 0.15) is 31.4 Å². The Kier molecular flexibility index (Phi) is 7.20. The van der Waals surface area contributed by atoms with Gasteiger partial charge in [0.1, 0.15) is 0 Å². The summed E-state index contributed by atoms with van der Waals surface area (Å²) in [5, 5.41) is 12.6. The molecule has 0 radical (unpaired) electrons. The predicted octanol–water partition coefficient (Wildman–Crippen LogP) is 2.71. The summed E-state index contributed by atoms with van der Waals surface area (Å²) in [5.41, 5.74) is 2.02. The van der Waals surface area contributed by atoms with Crippen LogP contribution in [0.4, 0.5) is 10.5 Å². The van der Waals surface area contributed by atoms with E-state index in [1.165, 1.54) is 17.8 Å². The molecular formula is C28H31N7O4S. The van der Waals surface area contributed by atoms with E-state index >= 15 is 0 Å². The zero-order valence-corrected chi connectivity index (χ0v) is 22.9. The number of piperidine rings is 1. The van der Waals surface area contributed by atoms with E-state index in [0.29, 0.717) is 33.7 Å². The minimum atomic E-state index is -0.287.